The Hall–Kier alpha value is -3.37. The zero-order valence-electron chi connectivity index (χ0n) is 15.6. The molecule has 0 radical (unpaired) electrons. The fourth-order valence-electron chi connectivity index (χ4n) is 2.92. The highest BCUT2D eigenvalue weighted by atomic mass is 32.2. The quantitative estimate of drug-likeness (QED) is 0.512. The first-order chi connectivity index (χ1) is 13.9. The molecule has 3 heterocycles. The lowest BCUT2D eigenvalue weighted by Crippen LogP contribution is -2.32. The average Bonchev–Trinajstić information content (AvgIpc) is 3.23. The third-order valence-electron chi connectivity index (χ3n) is 4.32. The van der Waals surface area contributed by atoms with Crippen LogP contribution in [0.5, 0.6) is 0 Å². The van der Waals surface area contributed by atoms with E-state index in [0.29, 0.717) is 11.3 Å². The molecule has 10 heteroatoms. The number of nitrogens with zero attached hydrogens (tertiary/aromatic N) is 5. The molecule has 0 atom stereocenters. The van der Waals surface area contributed by atoms with Crippen molar-refractivity contribution in [1.82, 2.24) is 29.3 Å². The van der Waals surface area contributed by atoms with Crippen molar-refractivity contribution in [3.63, 3.8) is 0 Å². The van der Waals surface area contributed by atoms with Gasteiger partial charge in [-0.25, -0.2) is 22.5 Å². The maximum atomic E-state index is 12.8. The fourth-order valence-corrected chi connectivity index (χ4v) is 4.11. The second kappa shape index (κ2) is 7.57. The van der Waals surface area contributed by atoms with E-state index >= 15 is 0 Å². The summed E-state index contributed by atoms with van der Waals surface area (Å²) >= 11 is 0. The molecule has 4 rings (SSSR count). The Morgan fingerprint density at radius 2 is 1.93 bits per heavy atom. The summed E-state index contributed by atoms with van der Waals surface area (Å²) in [7, 11) is -3.81. The molecule has 0 saturated carbocycles. The van der Waals surface area contributed by atoms with Gasteiger partial charge >= 0.3 is 0 Å². The lowest BCUT2D eigenvalue weighted by molar-refractivity contribution is 0.542. The van der Waals surface area contributed by atoms with Crippen molar-refractivity contribution in [2.24, 2.45) is 0 Å². The van der Waals surface area contributed by atoms with Gasteiger partial charge in [0.25, 0.3) is 5.56 Å². The third kappa shape index (κ3) is 3.93. The molecule has 1 N–H and O–H groups in total. The summed E-state index contributed by atoms with van der Waals surface area (Å²) in [6.45, 7) is 1.88. The summed E-state index contributed by atoms with van der Waals surface area (Å²) < 4.78 is 30.9. The highest BCUT2D eigenvalue weighted by molar-refractivity contribution is 7.89. The van der Waals surface area contributed by atoms with E-state index in [2.05, 4.69) is 19.9 Å². The number of benzene rings is 1. The van der Waals surface area contributed by atoms with E-state index in [-0.39, 0.29) is 23.5 Å². The predicted octanol–water partition coefficient (Wildman–Crippen LogP) is 1.26. The second-order valence-electron chi connectivity index (χ2n) is 6.38. The molecule has 0 unspecified atom stereocenters. The van der Waals surface area contributed by atoms with Gasteiger partial charge in [-0.3, -0.25) is 9.78 Å². The van der Waals surface area contributed by atoms with Gasteiger partial charge in [0.2, 0.25) is 10.0 Å². The van der Waals surface area contributed by atoms with Gasteiger partial charge in [-0.05, 0) is 31.2 Å². The van der Waals surface area contributed by atoms with Crippen molar-refractivity contribution >= 4 is 20.9 Å². The van der Waals surface area contributed by atoms with E-state index in [1.54, 1.807) is 37.5 Å². The van der Waals surface area contributed by atoms with Crippen LogP contribution >= 0.6 is 0 Å². The Bertz CT molecular complexity index is 1330. The summed E-state index contributed by atoms with van der Waals surface area (Å²) in [5.74, 6) is 0.464. The molecule has 4 aromatic rings. The summed E-state index contributed by atoms with van der Waals surface area (Å²) in [5, 5.41) is 9.04. The molecular formula is C19H18N6O3S. The van der Waals surface area contributed by atoms with Crippen LogP contribution < -0.4 is 10.3 Å². The number of hydrogen-bond donors (Lipinski definition) is 1. The SMILES string of the molecule is Cc1ccc2cccc(S(=O)(=O)NCCn3nc(-n4cccn4)ccc3=O)c2n1. The summed E-state index contributed by atoms with van der Waals surface area (Å²) in [6, 6.07) is 13.3. The summed E-state index contributed by atoms with van der Waals surface area (Å²) in [6.07, 6.45) is 3.31. The van der Waals surface area contributed by atoms with Gasteiger partial charge in [-0.2, -0.15) is 5.10 Å². The monoisotopic (exact) mass is 410 g/mol. The Morgan fingerprint density at radius 3 is 2.72 bits per heavy atom. The highest BCUT2D eigenvalue weighted by Crippen LogP contribution is 2.21. The maximum absolute atomic E-state index is 12.8. The van der Waals surface area contributed by atoms with E-state index in [1.165, 1.54) is 21.5 Å². The minimum Gasteiger partial charge on any atom is -0.268 e. The third-order valence-corrected chi connectivity index (χ3v) is 5.81. The molecule has 0 fully saturated rings. The topological polar surface area (TPSA) is 112 Å². The molecular weight excluding hydrogens is 392 g/mol. The summed E-state index contributed by atoms with van der Waals surface area (Å²) in [4.78, 5) is 16.5. The van der Waals surface area contributed by atoms with Crippen LogP contribution in [0.2, 0.25) is 0 Å². The van der Waals surface area contributed by atoms with Gasteiger partial charge in [0, 0.05) is 36.1 Å². The molecule has 1 aromatic carbocycles. The zero-order valence-corrected chi connectivity index (χ0v) is 16.4. The van der Waals surface area contributed by atoms with E-state index in [9.17, 15) is 13.2 Å². The molecule has 3 aromatic heterocycles. The van der Waals surface area contributed by atoms with Crippen molar-refractivity contribution in [2.75, 3.05) is 6.54 Å². The average molecular weight is 410 g/mol. The van der Waals surface area contributed by atoms with Gasteiger partial charge < -0.3 is 0 Å². The van der Waals surface area contributed by atoms with Crippen LogP contribution in [0.4, 0.5) is 0 Å². The second-order valence-corrected chi connectivity index (χ2v) is 8.12. The van der Waals surface area contributed by atoms with Crippen LogP contribution in [-0.2, 0) is 16.6 Å². The minimum absolute atomic E-state index is 0.00000378. The van der Waals surface area contributed by atoms with Crippen LogP contribution in [0.3, 0.4) is 0 Å². The van der Waals surface area contributed by atoms with Gasteiger partial charge in [0.1, 0.15) is 4.90 Å². The van der Waals surface area contributed by atoms with Crippen LogP contribution in [-0.4, -0.2) is 39.5 Å². The van der Waals surface area contributed by atoms with Gasteiger partial charge in [0.15, 0.2) is 5.82 Å². The van der Waals surface area contributed by atoms with Gasteiger partial charge in [-0.15, -0.1) is 5.10 Å². The van der Waals surface area contributed by atoms with Crippen LogP contribution in [0, 0.1) is 6.92 Å². The number of fused-ring (bicyclic) bond motifs is 1. The van der Waals surface area contributed by atoms with Crippen LogP contribution in [0.25, 0.3) is 16.7 Å². The zero-order chi connectivity index (χ0) is 20.4. The lowest BCUT2D eigenvalue weighted by atomic mass is 10.2. The first kappa shape index (κ1) is 19.0. The lowest BCUT2D eigenvalue weighted by Gasteiger charge is -2.11. The van der Waals surface area contributed by atoms with E-state index in [1.807, 2.05) is 18.2 Å². The van der Waals surface area contributed by atoms with Crippen molar-refractivity contribution in [3.8, 4) is 5.82 Å². The Morgan fingerprint density at radius 1 is 1.07 bits per heavy atom. The first-order valence-corrected chi connectivity index (χ1v) is 10.4. The van der Waals surface area contributed by atoms with Crippen molar-refractivity contribution in [3.05, 3.63) is 77.0 Å². The largest absolute Gasteiger partial charge is 0.268 e. The Balaban J connectivity index is 1.55. The molecule has 0 spiro atoms. The molecule has 29 heavy (non-hydrogen) atoms. The van der Waals surface area contributed by atoms with E-state index < -0.39 is 10.0 Å². The Labute approximate surface area is 166 Å². The van der Waals surface area contributed by atoms with Crippen molar-refractivity contribution < 1.29 is 8.42 Å². The first-order valence-electron chi connectivity index (χ1n) is 8.88. The number of aromatic nitrogens is 5. The van der Waals surface area contributed by atoms with Crippen LogP contribution in [0.15, 0.2) is 70.6 Å². The Kier molecular flexibility index (Phi) is 4.95. The minimum atomic E-state index is -3.81. The molecule has 0 saturated heterocycles. The highest BCUT2D eigenvalue weighted by Gasteiger charge is 2.18. The molecule has 0 amide bonds. The number of para-hydroxylation sites is 1. The number of hydrogen-bond acceptors (Lipinski definition) is 6. The number of sulfonamides is 1. The number of rotatable bonds is 6. The fraction of sp³-hybridized carbons (Fsp3) is 0.158. The maximum Gasteiger partial charge on any atom is 0.266 e. The molecule has 0 aliphatic heterocycles. The van der Waals surface area contributed by atoms with Crippen molar-refractivity contribution in [2.45, 2.75) is 18.4 Å². The number of nitrogens with one attached hydrogen (secondary N) is 1. The number of pyridine rings is 1. The van der Waals surface area contributed by atoms with E-state index in [0.717, 1.165) is 11.1 Å². The molecule has 0 aliphatic carbocycles. The molecule has 148 valence electrons. The normalized spacial score (nSPS) is 11.8. The van der Waals surface area contributed by atoms with Gasteiger partial charge in [0.05, 0.1) is 12.1 Å². The molecule has 0 aliphatic rings. The smallest absolute Gasteiger partial charge is 0.266 e. The standard InChI is InChI=1S/C19H18N6O3S/c1-14-6-7-15-4-2-5-16(19(15)22-14)29(27,28)21-11-13-25-18(26)9-8-17(23-25)24-12-3-10-20-24/h2-10,12,21H,11,13H2,1H3. The molecule has 0 bridgehead atoms. The molecule has 9 nitrogen and oxygen atoms in total. The summed E-state index contributed by atoms with van der Waals surface area (Å²) in [5.41, 5.74) is 0.810. The van der Waals surface area contributed by atoms with Gasteiger partial charge in [-0.1, -0.05) is 18.2 Å². The van der Waals surface area contributed by atoms with E-state index in [4.69, 9.17) is 0 Å². The predicted molar refractivity (Wildman–Crippen MR) is 107 cm³/mol. The van der Waals surface area contributed by atoms with Crippen LogP contribution in [0.1, 0.15) is 5.69 Å². The van der Waals surface area contributed by atoms with Crippen molar-refractivity contribution in [1.29, 1.82) is 0 Å². The number of aryl methyl sites for hydroxylation is 1.